The van der Waals surface area contributed by atoms with E-state index >= 15 is 0 Å². The topological polar surface area (TPSA) is 40.1 Å². The van der Waals surface area contributed by atoms with Crippen molar-refractivity contribution in [1.29, 1.82) is 0 Å². The summed E-state index contributed by atoms with van der Waals surface area (Å²) in [7, 11) is -1.14. The molecule has 0 aliphatic heterocycles. The average Bonchev–Trinajstić information content (AvgIpc) is 1.59. The van der Waals surface area contributed by atoms with Crippen molar-refractivity contribution in [1.82, 2.24) is 0 Å². The third-order valence-electron chi connectivity index (χ3n) is 1.08. The smallest absolute Gasteiger partial charge is 0.550 e. The summed E-state index contributed by atoms with van der Waals surface area (Å²) in [5.41, 5.74) is 0. The molecule has 2 nitrogen and oxygen atoms in total. The first kappa shape index (κ1) is 13.3. The molecule has 0 rings (SSSR count). The molecule has 0 bridgehead atoms. The van der Waals surface area contributed by atoms with E-state index in [4.69, 9.17) is 0 Å². The number of carbonyl (C=O) groups excluding carboxylic acids is 1. The predicted molar refractivity (Wildman–Crippen MR) is 37.8 cm³/mol. The second kappa shape index (κ2) is 5.35. The first-order valence-electron chi connectivity index (χ1n) is 3.12. The van der Waals surface area contributed by atoms with E-state index in [9.17, 15) is 9.90 Å². The van der Waals surface area contributed by atoms with Crippen LogP contribution in [-0.4, -0.2) is 14.0 Å². The third-order valence-corrected chi connectivity index (χ3v) is 2.83. The minimum absolute atomic E-state index is 0. The zero-order valence-corrected chi connectivity index (χ0v) is 10.2. The molecule has 0 atom stereocenters. The van der Waals surface area contributed by atoms with E-state index in [1.54, 1.807) is 0 Å². The van der Waals surface area contributed by atoms with Crippen molar-refractivity contribution in [3.05, 3.63) is 0 Å². The molecule has 10 heavy (non-hydrogen) atoms. The van der Waals surface area contributed by atoms with Gasteiger partial charge in [0.15, 0.2) is 0 Å². The molecule has 4 heteroatoms. The number of rotatable bonds is 3. The second-order valence-electron chi connectivity index (χ2n) is 3.43. The molecule has 0 aromatic heterocycles. The molecule has 0 N–H and O–H groups in total. The van der Waals surface area contributed by atoms with Crippen LogP contribution in [0.15, 0.2) is 0 Å². The molecule has 54 valence electrons. The van der Waals surface area contributed by atoms with Crippen molar-refractivity contribution in [2.45, 2.75) is 32.1 Å². The van der Waals surface area contributed by atoms with E-state index in [2.05, 4.69) is 19.6 Å². The van der Waals surface area contributed by atoms with Gasteiger partial charge in [-0.3, -0.25) is 0 Å². The standard InChI is InChI=1S/C6H14O2Si.Na/c1-9(2,3)5-4-6(7)8;/h4-5H2,1-3H3,(H,7,8);/q;+1/p-1. The van der Waals surface area contributed by atoms with Crippen molar-refractivity contribution in [2.75, 3.05) is 0 Å². The monoisotopic (exact) mass is 168 g/mol. The van der Waals surface area contributed by atoms with Crippen molar-refractivity contribution < 1.29 is 39.5 Å². The van der Waals surface area contributed by atoms with Crippen molar-refractivity contribution in [2.24, 2.45) is 0 Å². The summed E-state index contributed by atoms with van der Waals surface area (Å²) in [5.74, 6) is -0.919. The number of carbonyl (C=O) groups is 1. The third kappa shape index (κ3) is 11.5. The first-order valence-corrected chi connectivity index (χ1v) is 6.82. The van der Waals surface area contributed by atoms with Gasteiger partial charge < -0.3 is 9.90 Å². The molecule has 0 heterocycles. The summed E-state index contributed by atoms with van der Waals surface area (Å²) < 4.78 is 0. The number of carboxylic acid groups (broad SMARTS) is 1. The van der Waals surface area contributed by atoms with Crippen LogP contribution in [0.1, 0.15) is 6.42 Å². The van der Waals surface area contributed by atoms with Gasteiger partial charge in [0, 0.05) is 14.0 Å². The van der Waals surface area contributed by atoms with Crippen LogP contribution in [0.5, 0.6) is 0 Å². The summed E-state index contributed by atoms with van der Waals surface area (Å²) in [5, 5.41) is 9.96. The molecule has 0 amide bonds. The van der Waals surface area contributed by atoms with E-state index in [-0.39, 0.29) is 36.0 Å². The normalized spacial score (nSPS) is 10.3. The Morgan fingerprint density at radius 2 is 1.80 bits per heavy atom. The molecule has 0 unspecified atom stereocenters. The fourth-order valence-corrected chi connectivity index (χ4v) is 1.43. The molecule has 0 aliphatic carbocycles. The van der Waals surface area contributed by atoms with Gasteiger partial charge in [0.2, 0.25) is 0 Å². The Hall–Kier alpha value is 0.687. The molecule has 0 aliphatic rings. The molecule has 0 saturated carbocycles. The molecule has 0 aromatic rings. The zero-order chi connectivity index (χ0) is 7.49. The maximum atomic E-state index is 9.96. The Balaban J connectivity index is 0. The van der Waals surface area contributed by atoms with Crippen molar-refractivity contribution in [3.63, 3.8) is 0 Å². The van der Waals surface area contributed by atoms with Gasteiger partial charge in [-0.15, -0.1) is 0 Å². The van der Waals surface area contributed by atoms with E-state index < -0.39 is 14.0 Å². The van der Waals surface area contributed by atoms with E-state index in [1.807, 2.05) is 0 Å². The van der Waals surface area contributed by atoms with Gasteiger partial charge in [-0.25, -0.2) is 0 Å². The van der Waals surface area contributed by atoms with Crippen LogP contribution in [0.2, 0.25) is 25.7 Å². The number of hydrogen-bond donors (Lipinski definition) is 0. The SMILES string of the molecule is C[Si](C)(C)CCC(=O)[O-].[Na+]. The van der Waals surface area contributed by atoms with Crippen molar-refractivity contribution >= 4 is 14.0 Å². The fraction of sp³-hybridized carbons (Fsp3) is 0.833. The summed E-state index contributed by atoms with van der Waals surface area (Å²) in [4.78, 5) is 9.96. The largest absolute Gasteiger partial charge is 1.00 e. The summed E-state index contributed by atoms with van der Waals surface area (Å²) in [6.07, 6.45) is 0.232. The van der Waals surface area contributed by atoms with Gasteiger partial charge in [-0.1, -0.05) is 25.7 Å². The van der Waals surface area contributed by atoms with E-state index in [0.717, 1.165) is 6.04 Å². The number of hydrogen-bond acceptors (Lipinski definition) is 2. The van der Waals surface area contributed by atoms with Crippen LogP contribution >= 0.6 is 0 Å². The van der Waals surface area contributed by atoms with E-state index in [0.29, 0.717) is 0 Å². The van der Waals surface area contributed by atoms with Crippen LogP contribution in [0.3, 0.4) is 0 Å². The van der Waals surface area contributed by atoms with Gasteiger partial charge in [0.05, 0.1) is 0 Å². The van der Waals surface area contributed by atoms with Crippen LogP contribution in [0.25, 0.3) is 0 Å². The minimum atomic E-state index is -1.14. The average molecular weight is 168 g/mol. The quantitative estimate of drug-likeness (QED) is 0.436. The van der Waals surface area contributed by atoms with Crippen LogP contribution in [-0.2, 0) is 4.79 Å². The number of aliphatic carboxylic acids is 1. The molecule has 0 fully saturated rings. The van der Waals surface area contributed by atoms with Crippen LogP contribution < -0.4 is 34.7 Å². The molecule has 0 radical (unpaired) electrons. The summed E-state index contributed by atoms with van der Waals surface area (Å²) in [6, 6.07) is 0.829. The van der Waals surface area contributed by atoms with Crippen molar-refractivity contribution in [3.8, 4) is 0 Å². The Kier molecular flexibility index (Phi) is 7.11. The molecular formula is C6H13NaO2Si. The van der Waals surface area contributed by atoms with Gasteiger partial charge in [-0.2, -0.15) is 0 Å². The second-order valence-corrected chi connectivity index (χ2v) is 9.05. The molecule has 0 saturated heterocycles. The first-order chi connectivity index (χ1) is 3.92. The Labute approximate surface area is 85.3 Å². The fourth-order valence-electron chi connectivity index (χ4n) is 0.477. The number of carboxylic acids is 1. The maximum absolute atomic E-state index is 9.96. The Bertz CT molecular complexity index is 109. The zero-order valence-electron chi connectivity index (χ0n) is 7.23. The van der Waals surface area contributed by atoms with Crippen LogP contribution in [0.4, 0.5) is 0 Å². The van der Waals surface area contributed by atoms with Gasteiger partial charge in [-0.05, 0) is 6.42 Å². The molecule has 0 spiro atoms. The predicted octanol–water partition coefficient (Wildman–Crippen LogP) is -2.53. The maximum Gasteiger partial charge on any atom is 1.00 e. The van der Waals surface area contributed by atoms with Gasteiger partial charge in [0.25, 0.3) is 0 Å². The van der Waals surface area contributed by atoms with Crippen LogP contribution in [0, 0.1) is 0 Å². The van der Waals surface area contributed by atoms with Gasteiger partial charge in [0.1, 0.15) is 0 Å². The minimum Gasteiger partial charge on any atom is -0.550 e. The van der Waals surface area contributed by atoms with Gasteiger partial charge >= 0.3 is 29.6 Å². The molecule has 0 aromatic carbocycles. The Morgan fingerprint density at radius 3 is 1.90 bits per heavy atom. The molecular weight excluding hydrogens is 155 g/mol. The Morgan fingerprint density at radius 1 is 1.40 bits per heavy atom. The summed E-state index contributed by atoms with van der Waals surface area (Å²) in [6.45, 7) is 6.45. The van der Waals surface area contributed by atoms with E-state index in [1.165, 1.54) is 0 Å². The summed E-state index contributed by atoms with van der Waals surface area (Å²) >= 11 is 0.